The predicted octanol–water partition coefficient (Wildman–Crippen LogP) is 3.09. The van der Waals surface area contributed by atoms with Crippen molar-refractivity contribution in [2.45, 2.75) is 57.8 Å². The highest BCUT2D eigenvalue weighted by atomic mass is 14.6. The Morgan fingerprint density at radius 3 is 2.38 bits per heavy atom. The lowest BCUT2D eigenvalue weighted by atomic mass is 9.94. The first-order valence-corrected chi connectivity index (χ1v) is 6.05. The topological polar surface area (TPSA) is 26.0 Å². The van der Waals surface area contributed by atoms with Crippen molar-refractivity contribution in [2.75, 3.05) is 6.54 Å². The molecule has 0 radical (unpaired) electrons. The number of hydrogen-bond acceptors (Lipinski definition) is 1. The maximum absolute atomic E-state index is 5.76. The van der Waals surface area contributed by atoms with Gasteiger partial charge in [0.25, 0.3) is 0 Å². The molecule has 2 aliphatic carbocycles. The maximum atomic E-state index is 5.76. The van der Waals surface area contributed by atoms with E-state index in [1.54, 1.807) is 0 Å². The highest BCUT2D eigenvalue weighted by Crippen LogP contribution is 2.49. The molecule has 0 bridgehead atoms. The van der Waals surface area contributed by atoms with Gasteiger partial charge < -0.3 is 5.73 Å². The molecule has 1 nitrogen and oxygen atoms in total. The summed E-state index contributed by atoms with van der Waals surface area (Å²) in [5.74, 6) is 1.08. The van der Waals surface area contributed by atoms with Crippen molar-refractivity contribution in [3.8, 4) is 0 Å². The van der Waals surface area contributed by atoms with E-state index >= 15 is 0 Å². The van der Waals surface area contributed by atoms with Gasteiger partial charge in [0.15, 0.2) is 0 Å². The third-order valence-corrected chi connectivity index (χ3v) is 4.18. The minimum absolute atomic E-state index is 0.624. The molecule has 0 aromatic carbocycles. The molecule has 2 saturated carbocycles. The second-order valence-corrected chi connectivity index (χ2v) is 5.25. The highest BCUT2D eigenvalue weighted by molar-refractivity contribution is 4.93. The van der Waals surface area contributed by atoms with Gasteiger partial charge in [-0.15, -0.1) is 0 Å². The Morgan fingerprint density at radius 1 is 1.15 bits per heavy atom. The number of nitrogens with two attached hydrogens (primary N) is 1. The Hall–Kier alpha value is -0.0400. The van der Waals surface area contributed by atoms with Crippen molar-refractivity contribution in [2.24, 2.45) is 17.1 Å². The van der Waals surface area contributed by atoms with E-state index in [2.05, 4.69) is 0 Å². The van der Waals surface area contributed by atoms with Crippen LogP contribution in [0.15, 0.2) is 0 Å². The quantitative estimate of drug-likeness (QED) is 0.693. The molecule has 76 valence electrons. The van der Waals surface area contributed by atoms with Gasteiger partial charge in [0.2, 0.25) is 0 Å². The van der Waals surface area contributed by atoms with Crippen molar-refractivity contribution in [1.82, 2.24) is 0 Å². The van der Waals surface area contributed by atoms with Crippen molar-refractivity contribution in [3.05, 3.63) is 0 Å². The first kappa shape index (κ1) is 9.51. The smallest absolute Gasteiger partial charge is 0.00205 e. The maximum Gasteiger partial charge on any atom is -0.00205 e. The molecule has 0 unspecified atom stereocenters. The van der Waals surface area contributed by atoms with Crippen LogP contribution in [-0.2, 0) is 0 Å². The van der Waals surface area contributed by atoms with E-state index in [1.165, 1.54) is 57.8 Å². The Kier molecular flexibility index (Phi) is 2.92. The molecule has 0 atom stereocenters. The van der Waals surface area contributed by atoms with Gasteiger partial charge in [-0.05, 0) is 37.1 Å². The summed E-state index contributed by atoms with van der Waals surface area (Å²) in [5.41, 5.74) is 6.39. The van der Waals surface area contributed by atoms with Crippen molar-refractivity contribution in [3.63, 3.8) is 0 Å². The minimum atomic E-state index is 0.624. The first-order valence-electron chi connectivity index (χ1n) is 6.05. The fourth-order valence-electron chi connectivity index (χ4n) is 2.80. The fraction of sp³-hybridized carbons (Fsp3) is 1.00. The molecule has 13 heavy (non-hydrogen) atoms. The summed E-state index contributed by atoms with van der Waals surface area (Å²) in [6, 6.07) is 0. The van der Waals surface area contributed by atoms with E-state index < -0.39 is 0 Å². The van der Waals surface area contributed by atoms with Gasteiger partial charge in [-0.25, -0.2) is 0 Å². The van der Waals surface area contributed by atoms with Crippen LogP contribution in [-0.4, -0.2) is 6.54 Å². The number of rotatable bonds is 5. The molecule has 2 rings (SSSR count). The van der Waals surface area contributed by atoms with Gasteiger partial charge in [0.05, 0.1) is 0 Å². The van der Waals surface area contributed by atoms with Crippen LogP contribution in [0.25, 0.3) is 0 Å². The van der Waals surface area contributed by atoms with Crippen molar-refractivity contribution in [1.29, 1.82) is 0 Å². The molecule has 0 aromatic heterocycles. The summed E-state index contributed by atoms with van der Waals surface area (Å²) in [7, 11) is 0. The molecule has 0 spiro atoms. The molecule has 2 fully saturated rings. The molecule has 0 aromatic rings. The summed E-state index contributed by atoms with van der Waals surface area (Å²) in [6.45, 7) is 0.942. The Bertz CT molecular complexity index is 155. The van der Waals surface area contributed by atoms with Crippen LogP contribution in [0.5, 0.6) is 0 Å². The molecule has 2 N–H and O–H groups in total. The molecule has 1 heteroatoms. The summed E-state index contributed by atoms with van der Waals surface area (Å²) in [5, 5.41) is 0. The second-order valence-electron chi connectivity index (χ2n) is 5.25. The van der Waals surface area contributed by atoms with Gasteiger partial charge in [-0.1, -0.05) is 38.5 Å². The molecular formula is C12H23N. The van der Waals surface area contributed by atoms with Gasteiger partial charge in [-0.3, -0.25) is 0 Å². The molecule has 0 amide bonds. The predicted molar refractivity (Wildman–Crippen MR) is 56.5 cm³/mol. The first-order chi connectivity index (χ1) is 6.35. The minimum Gasteiger partial charge on any atom is -0.330 e. The average Bonchev–Trinajstić information content (AvgIpc) is 2.74. The van der Waals surface area contributed by atoms with Gasteiger partial charge in [0.1, 0.15) is 0 Å². The average molecular weight is 181 g/mol. The van der Waals surface area contributed by atoms with Crippen LogP contribution in [0.3, 0.4) is 0 Å². The summed E-state index contributed by atoms with van der Waals surface area (Å²) >= 11 is 0. The third-order valence-electron chi connectivity index (χ3n) is 4.18. The van der Waals surface area contributed by atoms with E-state index in [4.69, 9.17) is 5.73 Å². The van der Waals surface area contributed by atoms with Crippen LogP contribution in [0, 0.1) is 11.3 Å². The molecular weight excluding hydrogens is 158 g/mol. The van der Waals surface area contributed by atoms with E-state index in [0.717, 1.165) is 12.5 Å². The van der Waals surface area contributed by atoms with E-state index in [0.29, 0.717) is 5.41 Å². The summed E-state index contributed by atoms with van der Waals surface area (Å²) in [6.07, 6.45) is 13.2. The Morgan fingerprint density at radius 2 is 1.85 bits per heavy atom. The lowest BCUT2D eigenvalue weighted by molar-refractivity contribution is 0.402. The normalized spacial score (nSPS) is 26.5. The van der Waals surface area contributed by atoms with Crippen LogP contribution in [0.2, 0.25) is 0 Å². The van der Waals surface area contributed by atoms with Gasteiger partial charge in [0, 0.05) is 0 Å². The number of hydrogen-bond donors (Lipinski definition) is 1. The standard InChI is InChI=1S/C12H23N/c13-10-12(8-9-12)7-3-6-11-4-1-2-5-11/h11H,1-10,13H2. The highest BCUT2D eigenvalue weighted by Gasteiger charge is 2.40. The third kappa shape index (κ3) is 2.46. The zero-order valence-corrected chi connectivity index (χ0v) is 8.73. The van der Waals surface area contributed by atoms with Crippen molar-refractivity contribution >= 4 is 0 Å². The largest absolute Gasteiger partial charge is 0.330 e. The van der Waals surface area contributed by atoms with Crippen LogP contribution in [0.4, 0.5) is 0 Å². The Labute approximate surface area is 82.1 Å². The molecule has 0 aliphatic heterocycles. The van der Waals surface area contributed by atoms with Crippen molar-refractivity contribution < 1.29 is 0 Å². The van der Waals surface area contributed by atoms with E-state index in [9.17, 15) is 0 Å². The van der Waals surface area contributed by atoms with Gasteiger partial charge >= 0.3 is 0 Å². The fourth-order valence-corrected chi connectivity index (χ4v) is 2.80. The van der Waals surface area contributed by atoms with E-state index in [-0.39, 0.29) is 0 Å². The summed E-state index contributed by atoms with van der Waals surface area (Å²) in [4.78, 5) is 0. The molecule has 2 aliphatic rings. The zero-order chi connectivity index (χ0) is 9.15. The lowest BCUT2D eigenvalue weighted by Crippen LogP contribution is -2.15. The molecule has 0 heterocycles. The van der Waals surface area contributed by atoms with E-state index in [1.807, 2.05) is 0 Å². The van der Waals surface area contributed by atoms with Gasteiger partial charge in [-0.2, -0.15) is 0 Å². The SMILES string of the molecule is NCC1(CCCC2CCCC2)CC1. The second kappa shape index (κ2) is 4.00. The van der Waals surface area contributed by atoms with Crippen LogP contribution in [0.1, 0.15) is 57.8 Å². The van der Waals surface area contributed by atoms with Crippen LogP contribution >= 0.6 is 0 Å². The monoisotopic (exact) mass is 181 g/mol. The molecule has 0 saturated heterocycles. The van der Waals surface area contributed by atoms with Crippen LogP contribution < -0.4 is 5.73 Å². The Balaban J connectivity index is 1.58. The summed E-state index contributed by atoms with van der Waals surface area (Å²) < 4.78 is 0. The zero-order valence-electron chi connectivity index (χ0n) is 8.73. The lowest BCUT2D eigenvalue weighted by Gasteiger charge is -2.13.